The topological polar surface area (TPSA) is 169 Å². The van der Waals surface area contributed by atoms with Gasteiger partial charge in [0, 0.05) is 11.9 Å². The fourth-order valence-corrected chi connectivity index (χ4v) is 4.45. The van der Waals surface area contributed by atoms with Crippen molar-refractivity contribution in [1.29, 1.82) is 0 Å². The van der Waals surface area contributed by atoms with Crippen LogP contribution in [0, 0.1) is 12.8 Å². The van der Waals surface area contributed by atoms with Gasteiger partial charge in [-0.25, -0.2) is 0 Å². The van der Waals surface area contributed by atoms with Gasteiger partial charge in [-0.15, -0.1) is 6.04 Å². The molecule has 0 unspecified atom stereocenters. The third-order valence-corrected chi connectivity index (χ3v) is 7.79. The monoisotopic (exact) mass is 782 g/mol. The van der Waals surface area contributed by atoms with Crippen molar-refractivity contribution in [3.8, 4) is 0 Å². The van der Waals surface area contributed by atoms with E-state index in [9.17, 15) is 24.6 Å². The van der Waals surface area contributed by atoms with Crippen LogP contribution in [0.5, 0.6) is 0 Å². The van der Waals surface area contributed by atoms with Crippen molar-refractivity contribution >= 4 is 41.0 Å². The van der Waals surface area contributed by atoms with Crippen LogP contribution >= 0.6 is 0 Å². The van der Waals surface area contributed by atoms with Crippen molar-refractivity contribution in [3.63, 3.8) is 0 Å². The predicted molar refractivity (Wildman–Crippen MR) is 232 cm³/mol. The summed E-state index contributed by atoms with van der Waals surface area (Å²) in [6.45, 7) is 12.2. The summed E-state index contributed by atoms with van der Waals surface area (Å²) in [5.74, 6) is -3.49. The Hall–Kier alpha value is -2.46. The van der Waals surface area contributed by atoms with E-state index in [0.29, 0.717) is 6.42 Å². The molecule has 0 rings (SSSR count). The normalized spacial score (nSPS) is 12.3. The van der Waals surface area contributed by atoms with Crippen molar-refractivity contribution in [2.45, 2.75) is 181 Å². The average molecular weight is 782 g/mol. The Bertz CT molecular complexity index is 989. The van der Waals surface area contributed by atoms with Crippen LogP contribution in [0.4, 0.5) is 0 Å². The average Bonchev–Trinajstić information content (AvgIpc) is 3.14. The fraction of sp³-hybridized carbons (Fsp3) is 0.652. The smallest absolute Gasteiger partial charge is 0.670 e. The Morgan fingerprint density at radius 1 is 0.618 bits per heavy atom. The number of carbonyl (C=O) groups is 3. The molecule has 0 aliphatic rings. The van der Waals surface area contributed by atoms with Crippen LogP contribution in [0.3, 0.4) is 0 Å². The zero-order valence-electron chi connectivity index (χ0n) is 35.7. The second-order valence-electron chi connectivity index (χ2n) is 13.2. The summed E-state index contributed by atoms with van der Waals surface area (Å²) < 4.78 is 0. The summed E-state index contributed by atoms with van der Waals surface area (Å²) in [4.78, 5) is 29.8. The number of nitrogens with one attached hydrogen (secondary N) is 1. The quantitative estimate of drug-likeness (QED) is 0.0307. The molecule has 5 N–H and O–H groups in total. The van der Waals surface area contributed by atoms with Gasteiger partial charge in [-0.1, -0.05) is 164 Å². The van der Waals surface area contributed by atoms with Gasteiger partial charge < -0.3 is 43.3 Å². The third kappa shape index (κ3) is 69.9. The Morgan fingerprint density at radius 3 is 1.33 bits per heavy atom. The van der Waals surface area contributed by atoms with Gasteiger partial charge >= 0.3 is 23.1 Å². The summed E-state index contributed by atoms with van der Waals surface area (Å²) in [7, 11) is 0. The van der Waals surface area contributed by atoms with Crippen LogP contribution in [-0.2, 0) is 14.4 Å². The molecule has 0 heterocycles. The molecule has 0 aliphatic heterocycles. The van der Waals surface area contributed by atoms with Crippen LogP contribution in [0.2, 0.25) is 0 Å². The molecule has 314 valence electrons. The van der Waals surface area contributed by atoms with Gasteiger partial charge in [0.25, 0.3) is 5.97 Å². The standard InChI is InChI=1S/C18H30O2.C18H32.C7H14NO2.C3H6NO2.Mg/c1-2-3-4-5-6-7-8-9-10-11-12-13-14-15-16-17-18(19)20;1-3-5-7-9-11-13-15-17-18-16-14-12-10-8-6-4-2;1-6(7(9)10)4-2-3-5-8;1-2(4)3(5)6;/h3-4,6-7,9-10H,2,5,8,11-17H2,1H3,(H,19,20);5,7,11,13,17-18H,3-4,6,8-10,12,14-16H2,1-2H3;6H,1-5,8H2,(H,9,10);2,4H,1H3,(H,5,6);/q;;2*-1;+2/p-1/b4-3-,7-6-,10-9-;7-5-,13-11-,18-17-;;;/t;;6-;2-;/m..00./s1. The minimum atomic E-state index is -1.32. The van der Waals surface area contributed by atoms with E-state index >= 15 is 0 Å². The molecule has 2 atom stereocenters. The molecule has 55 heavy (non-hydrogen) atoms. The maximum absolute atomic E-state index is 10.2. The first kappa shape index (κ1) is 61.7. The van der Waals surface area contributed by atoms with Gasteiger partial charge in [0.15, 0.2) is 0 Å². The van der Waals surface area contributed by atoms with Crippen LogP contribution in [0.25, 0.3) is 5.73 Å². The molecule has 0 radical (unpaired) electrons. The van der Waals surface area contributed by atoms with Crippen LogP contribution in [0.1, 0.15) is 175 Å². The van der Waals surface area contributed by atoms with E-state index in [1.807, 2.05) is 0 Å². The van der Waals surface area contributed by atoms with Crippen molar-refractivity contribution in [2.24, 2.45) is 5.92 Å². The maximum Gasteiger partial charge on any atom is 2.00 e. The molecule has 0 aromatic heterocycles. The van der Waals surface area contributed by atoms with Crippen LogP contribution in [0.15, 0.2) is 72.9 Å². The zero-order chi connectivity index (χ0) is 41.3. The number of carboxylic acid groups (broad SMARTS) is 3. The Labute approximate surface area is 354 Å². The predicted octanol–water partition coefficient (Wildman–Crippen LogP) is 9.65. The van der Waals surface area contributed by atoms with Gasteiger partial charge in [-0.2, -0.15) is 0 Å². The number of allylic oxidation sites excluding steroid dienone is 12. The molecule has 0 amide bonds. The Morgan fingerprint density at radius 2 is 0.982 bits per heavy atom. The van der Waals surface area contributed by atoms with Gasteiger partial charge in [0.05, 0.1) is 6.54 Å². The second-order valence-corrected chi connectivity index (χ2v) is 13.2. The summed E-state index contributed by atoms with van der Waals surface area (Å²) in [6, 6.07) is -1.09. The molecule has 0 spiro atoms. The van der Waals surface area contributed by atoms with E-state index in [1.165, 1.54) is 64.7 Å². The number of rotatable bonds is 31. The van der Waals surface area contributed by atoms with Crippen LogP contribution in [-0.4, -0.2) is 58.7 Å². The molecule has 8 nitrogen and oxygen atoms in total. The SMILES string of the molecule is CC/C=C\C/C=C\C/C=C\CCCCCCCC.CC/C=C\C/C=C\C/C=C\CCCCCCCC(=O)[O-].C[C@H]([NH-])C(=O)[O-].[CH2-][C@@H](CCCC[NH3+])C(=O)O.[Mg+2]. The molecule has 0 aromatic rings. The zero-order valence-corrected chi connectivity index (χ0v) is 37.1. The number of carbonyl (C=O) groups excluding carboxylic acids is 2. The summed E-state index contributed by atoms with van der Waals surface area (Å²) in [5, 5.41) is 28.0. The van der Waals surface area contributed by atoms with E-state index in [4.69, 9.17) is 10.8 Å². The maximum atomic E-state index is 10.2. The number of hydrogen-bond donors (Lipinski definition) is 2. The Kier molecular flexibility index (Phi) is 62.7. The van der Waals surface area contributed by atoms with Gasteiger partial charge in [-0.3, -0.25) is 4.79 Å². The molecular formula is C46H81MgN2O6-. The van der Waals surface area contributed by atoms with Gasteiger partial charge in [0.2, 0.25) is 0 Å². The van der Waals surface area contributed by atoms with E-state index in [-0.39, 0.29) is 29.5 Å². The second kappa shape index (κ2) is 55.9. The number of hydrogen-bond acceptors (Lipinski definition) is 5. The van der Waals surface area contributed by atoms with Crippen molar-refractivity contribution < 1.29 is 35.4 Å². The first-order chi connectivity index (χ1) is 26.0. The molecular weight excluding hydrogens is 701 g/mol. The van der Waals surface area contributed by atoms with E-state index in [0.717, 1.165) is 83.6 Å². The largest absolute Gasteiger partial charge is 2.00 e. The molecule has 0 saturated carbocycles. The van der Waals surface area contributed by atoms with Crippen molar-refractivity contribution in [2.75, 3.05) is 6.54 Å². The van der Waals surface area contributed by atoms with Crippen molar-refractivity contribution in [3.05, 3.63) is 85.6 Å². The van der Waals surface area contributed by atoms with Gasteiger partial charge in [-0.05, 0) is 89.9 Å². The number of carboxylic acids is 3. The minimum Gasteiger partial charge on any atom is -0.670 e. The summed E-state index contributed by atoms with van der Waals surface area (Å²) in [6.07, 6.45) is 52.2. The fourth-order valence-electron chi connectivity index (χ4n) is 4.45. The first-order valence-corrected chi connectivity index (χ1v) is 20.9. The molecule has 9 heteroatoms. The molecule has 0 bridgehead atoms. The van der Waals surface area contributed by atoms with Crippen LogP contribution < -0.4 is 15.9 Å². The molecule has 0 aromatic carbocycles. The van der Waals surface area contributed by atoms with E-state index < -0.39 is 29.9 Å². The molecule has 0 aliphatic carbocycles. The number of unbranched alkanes of at least 4 members (excludes halogenated alkanes) is 12. The van der Waals surface area contributed by atoms with E-state index in [2.05, 4.69) is 106 Å². The number of quaternary nitrogens is 1. The molecule has 0 saturated heterocycles. The summed E-state index contributed by atoms with van der Waals surface area (Å²) >= 11 is 0. The van der Waals surface area contributed by atoms with Crippen molar-refractivity contribution in [1.82, 2.24) is 0 Å². The molecule has 0 fully saturated rings. The third-order valence-electron chi connectivity index (χ3n) is 7.79. The summed E-state index contributed by atoms with van der Waals surface area (Å²) in [5.41, 5.74) is 10.0. The van der Waals surface area contributed by atoms with E-state index in [1.54, 1.807) is 0 Å². The van der Waals surface area contributed by atoms with Gasteiger partial charge in [0.1, 0.15) is 0 Å². The number of aliphatic carboxylic acids is 3. The minimum absolute atomic E-state index is 0. The Balaban J connectivity index is -0.000000217. The first-order valence-electron chi connectivity index (χ1n) is 20.9.